The second kappa shape index (κ2) is 4.41. The minimum absolute atomic E-state index is 0.0278. The van der Waals surface area contributed by atoms with Gasteiger partial charge in [0.25, 0.3) is 0 Å². The highest BCUT2D eigenvalue weighted by Gasteiger charge is 2.29. The van der Waals surface area contributed by atoms with E-state index < -0.39 is 17.8 Å². The van der Waals surface area contributed by atoms with Crippen LogP contribution in [-0.2, 0) is 14.3 Å². The molecule has 1 rings (SSSR count). The predicted octanol–water partition coefficient (Wildman–Crippen LogP) is 0.000700. The number of hydrogen-bond donors (Lipinski definition) is 2. The van der Waals surface area contributed by atoms with Crippen LogP contribution < -0.4 is 5.32 Å². The number of rotatable bonds is 3. The maximum absolute atomic E-state index is 11.3. The molecule has 0 aromatic heterocycles. The number of carbonyl (C=O) groups excluding carboxylic acids is 1. The lowest BCUT2D eigenvalue weighted by atomic mass is 10.1. The number of carboxylic acid groups (broad SMARTS) is 1. The standard InChI is InChI=1S/C9H15NO4/c1-5(9(12)13)8(11)10-7-3-4-14-6(7)2/h5-7H,3-4H2,1-2H3,(H,10,11)(H,12,13). The molecule has 3 unspecified atom stereocenters. The highest BCUT2D eigenvalue weighted by molar-refractivity contribution is 5.96. The minimum atomic E-state index is -1.10. The summed E-state index contributed by atoms with van der Waals surface area (Å²) in [6.07, 6.45) is 0.721. The van der Waals surface area contributed by atoms with Crippen LogP contribution in [0.5, 0.6) is 0 Å². The molecule has 5 nitrogen and oxygen atoms in total. The fraction of sp³-hybridized carbons (Fsp3) is 0.778. The van der Waals surface area contributed by atoms with Gasteiger partial charge in [-0.25, -0.2) is 0 Å². The summed E-state index contributed by atoms with van der Waals surface area (Å²) >= 11 is 0. The zero-order valence-electron chi connectivity index (χ0n) is 8.32. The minimum Gasteiger partial charge on any atom is -0.481 e. The molecule has 80 valence electrons. The van der Waals surface area contributed by atoms with E-state index in [1.165, 1.54) is 6.92 Å². The van der Waals surface area contributed by atoms with Crippen molar-refractivity contribution in [3.05, 3.63) is 0 Å². The van der Waals surface area contributed by atoms with Crippen LogP contribution in [0.4, 0.5) is 0 Å². The summed E-state index contributed by atoms with van der Waals surface area (Å²) in [5, 5.41) is 11.3. The smallest absolute Gasteiger partial charge is 0.315 e. The summed E-state index contributed by atoms with van der Waals surface area (Å²) in [7, 11) is 0. The molecule has 0 aromatic rings. The molecule has 14 heavy (non-hydrogen) atoms. The van der Waals surface area contributed by atoms with Gasteiger partial charge in [0.2, 0.25) is 5.91 Å². The summed E-state index contributed by atoms with van der Waals surface area (Å²) in [6.45, 7) is 3.86. The Morgan fingerprint density at radius 1 is 1.57 bits per heavy atom. The number of amides is 1. The molecule has 3 atom stereocenters. The number of carbonyl (C=O) groups is 2. The van der Waals surface area contributed by atoms with Gasteiger partial charge in [-0.15, -0.1) is 0 Å². The van der Waals surface area contributed by atoms with Gasteiger partial charge in [-0.3, -0.25) is 9.59 Å². The highest BCUT2D eigenvalue weighted by atomic mass is 16.5. The highest BCUT2D eigenvalue weighted by Crippen LogP contribution is 2.13. The molecule has 0 spiro atoms. The number of carboxylic acids is 1. The van der Waals surface area contributed by atoms with Gasteiger partial charge in [-0.1, -0.05) is 0 Å². The van der Waals surface area contributed by atoms with Crippen LogP contribution in [0.25, 0.3) is 0 Å². The van der Waals surface area contributed by atoms with Crippen molar-refractivity contribution in [3.63, 3.8) is 0 Å². The Balaban J connectivity index is 2.44. The first kappa shape index (κ1) is 11.0. The molecule has 0 saturated carbocycles. The van der Waals surface area contributed by atoms with Gasteiger partial charge >= 0.3 is 5.97 Å². The number of hydrogen-bond acceptors (Lipinski definition) is 3. The van der Waals surface area contributed by atoms with E-state index in [1.54, 1.807) is 0 Å². The van der Waals surface area contributed by atoms with E-state index in [2.05, 4.69) is 5.32 Å². The van der Waals surface area contributed by atoms with Crippen LogP contribution in [0.3, 0.4) is 0 Å². The van der Waals surface area contributed by atoms with Gasteiger partial charge in [0.05, 0.1) is 12.1 Å². The SMILES string of the molecule is CC(C(=O)O)C(=O)NC1CCOC1C. The molecule has 0 radical (unpaired) electrons. The molecule has 1 aliphatic rings. The van der Waals surface area contributed by atoms with Crippen LogP contribution in [0, 0.1) is 5.92 Å². The molecular formula is C9H15NO4. The van der Waals surface area contributed by atoms with Gasteiger partial charge in [0, 0.05) is 6.61 Å². The van der Waals surface area contributed by atoms with E-state index in [0.29, 0.717) is 6.61 Å². The zero-order valence-corrected chi connectivity index (χ0v) is 8.32. The Kier molecular flexibility index (Phi) is 3.46. The van der Waals surface area contributed by atoms with Crippen molar-refractivity contribution in [2.24, 2.45) is 5.92 Å². The van der Waals surface area contributed by atoms with Gasteiger partial charge in [-0.05, 0) is 20.3 Å². The first-order valence-corrected chi connectivity index (χ1v) is 4.67. The van der Waals surface area contributed by atoms with Crippen LogP contribution in [-0.4, -0.2) is 35.7 Å². The third-order valence-corrected chi connectivity index (χ3v) is 2.47. The van der Waals surface area contributed by atoms with E-state index in [-0.39, 0.29) is 12.1 Å². The van der Waals surface area contributed by atoms with Gasteiger partial charge in [0.1, 0.15) is 5.92 Å². The topological polar surface area (TPSA) is 75.6 Å². The molecule has 1 fully saturated rings. The molecule has 0 bridgehead atoms. The summed E-state index contributed by atoms with van der Waals surface area (Å²) in [4.78, 5) is 21.8. The van der Waals surface area contributed by atoms with E-state index in [4.69, 9.17) is 9.84 Å². The van der Waals surface area contributed by atoms with E-state index in [0.717, 1.165) is 6.42 Å². The Morgan fingerprint density at radius 3 is 2.64 bits per heavy atom. The molecule has 1 heterocycles. The van der Waals surface area contributed by atoms with Crippen molar-refractivity contribution >= 4 is 11.9 Å². The van der Waals surface area contributed by atoms with Crippen LogP contribution in [0.15, 0.2) is 0 Å². The number of aliphatic carboxylic acids is 1. The van der Waals surface area contributed by atoms with Crippen molar-refractivity contribution in [3.8, 4) is 0 Å². The Labute approximate surface area is 82.4 Å². The number of nitrogens with one attached hydrogen (secondary N) is 1. The van der Waals surface area contributed by atoms with Gasteiger partial charge in [0.15, 0.2) is 0 Å². The molecule has 5 heteroatoms. The largest absolute Gasteiger partial charge is 0.481 e. The fourth-order valence-corrected chi connectivity index (χ4v) is 1.34. The molecule has 0 aromatic carbocycles. The molecule has 2 N–H and O–H groups in total. The normalized spacial score (nSPS) is 28.4. The number of ether oxygens (including phenoxy) is 1. The fourth-order valence-electron chi connectivity index (χ4n) is 1.34. The summed E-state index contributed by atoms with van der Waals surface area (Å²) < 4.78 is 5.24. The third kappa shape index (κ3) is 2.45. The van der Waals surface area contributed by atoms with Crippen molar-refractivity contribution in [2.75, 3.05) is 6.61 Å². The Hall–Kier alpha value is -1.10. The molecule has 1 saturated heterocycles. The Morgan fingerprint density at radius 2 is 2.21 bits per heavy atom. The van der Waals surface area contributed by atoms with Crippen molar-refractivity contribution in [1.82, 2.24) is 5.32 Å². The average Bonchev–Trinajstić information content (AvgIpc) is 2.50. The third-order valence-electron chi connectivity index (χ3n) is 2.47. The van der Waals surface area contributed by atoms with E-state index in [1.807, 2.05) is 6.92 Å². The second-order valence-electron chi connectivity index (χ2n) is 3.54. The van der Waals surface area contributed by atoms with Crippen molar-refractivity contribution in [2.45, 2.75) is 32.4 Å². The van der Waals surface area contributed by atoms with Crippen molar-refractivity contribution in [1.29, 1.82) is 0 Å². The summed E-state index contributed by atoms with van der Waals surface area (Å²) in [6, 6.07) is -0.0516. The molecule has 0 aliphatic carbocycles. The lowest BCUT2D eigenvalue weighted by molar-refractivity contribution is -0.146. The Bertz CT molecular complexity index is 241. The second-order valence-corrected chi connectivity index (χ2v) is 3.54. The predicted molar refractivity (Wildman–Crippen MR) is 48.8 cm³/mol. The van der Waals surface area contributed by atoms with Crippen LogP contribution in [0.1, 0.15) is 20.3 Å². The monoisotopic (exact) mass is 201 g/mol. The van der Waals surface area contributed by atoms with Crippen LogP contribution >= 0.6 is 0 Å². The molecule has 1 aliphatic heterocycles. The molecular weight excluding hydrogens is 186 g/mol. The van der Waals surface area contributed by atoms with E-state index >= 15 is 0 Å². The zero-order chi connectivity index (χ0) is 10.7. The summed E-state index contributed by atoms with van der Waals surface area (Å²) in [5.74, 6) is -2.54. The van der Waals surface area contributed by atoms with Crippen LogP contribution in [0.2, 0.25) is 0 Å². The van der Waals surface area contributed by atoms with Gasteiger partial charge < -0.3 is 15.2 Å². The lowest BCUT2D eigenvalue weighted by Crippen LogP contribution is -2.43. The molecule has 1 amide bonds. The first-order chi connectivity index (χ1) is 6.52. The van der Waals surface area contributed by atoms with Crippen molar-refractivity contribution < 1.29 is 19.4 Å². The van der Waals surface area contributed by atoms with E-state index in [9.17, 15) is 9.59 Å². The average molecular weight is 201 g/mol. The quantitative estimate of drug-likeness (QED) is 0.630. The first-order valence-electron chi connectivity index (χ1n) is 4.67. The lowest BCUT2D eigenvalue weighted by Gasteiger charge is -2.17. The maximum Gasteiger partial charge on any atom is 0.315 e. The summed E-state index contributed by atoms with van der Waals surface area (Å²) in [5.41, 5.74) is 0. The maximum atomic E-state index is 11.3. The van der Waals surface area contributed by atoms with Gasteiger partial charge in [-0.2, -0.15) is 0 Å².